The second-order valence-electron chi connectivity index (χ2n) is 4.61. The second-order valence-corrected chi connectivity index (χ2v) is 4.61. The van der Waals surface area contributed by atoms with E-state index in [1.807, 2.05) is 19.9 Å². The monoisotopic (exact) mass is 291 g/mol. The molecule has 0 bridgehead atoms. The molecule has 112 valence electrons. The van der Waals surface area contributed by atoms with Gasteiger partial charge in [0.1, 0.15) is 12.4 Å². The van der Waals surface area contributed by atoms with Crippen molar-refractivity contribution in [2.24, 2.45) is 0 Å². The number of nitrogens with two attached hydrogens (primary N) is 1. The molecule has 0 saturated heterocycles. The molecule has 0 aliphatic heterocycles. The number of esters is 1. The zero-order valence-corrected chi connectivity index (χ0v) is 12.1. The Labute approximate surface area is 122 Å². The Bertz CT molecular complexity index is 652. The molecule has 2 aromatic rings. The number of anilines is 1. The molecule has 2 rings (SSSR count). The predicted molar refractivity (Wildman–Crippen MR) is 77.2 cm³/mol. The Morgan fingerprint density at radius 1 is 1.38 bits per heavy atom. The zero-order valence-electron chi connectivity index (χ0n) is 12.1. The summed E-state index contributed by atoms with van der Waals surface area (Å²) in [7, 11) is 0. The smallest absolute Gasteiger partial charge is 0.341 e. The number of rotatable bonds is 5. The van der Waals surface area contributed by atoms with Gasteiger partial charge in [0.15, 0.2) is 0 Å². The van der Waals surface area contributed by atoms with Crippen molar-refractivity contribution in [3.63, 3.8) is 0 Å². The Hall–Kier alpha value is -2.37. The van der Waals surface area contributed by atoms with Crippen molar-refractivity contribution in [1.82, 2.24) is 9.78 Å². The van der Waals surface area contributed by atoms with Gasteiger partial charge in [0.05, 0.1) is 17.0 Å². The van der Waals surface area contributed by atoms with Crippen LogP contribution in [0.2, 0.25) is 0 Å². The number of ether oxygens (including phenoxy) is 1. The highest BCUT2D eigenvalue weighted by Gasteiger charge is 2.15. The van der Waals surface area contributed by atoms with Crippen LogP contribution in [0.15, 0.2) is 24.3 Å². The van der Waals surface area contributed by atoms with Gasteiger partial charge in [-0.1, -0.05) is 6.92 Å². The van der Waals surface area contributed by atoms with Crippen LogP contribution < -0.4 is 5.73 Å². The van der Waals surface area contributed by atoms with Crippen molar-refractivity contribution >= 4 is 11.7 Å². The lowest BCUT2D eigenvalue weighted by Crippen LogP contribution is -2.11. The average molecular weight is 291 g/mol. The number of carbonyl (C=O) groups excluding carboxylic acids is 1. The predicted octanol–water partition coefficient (Wildman–Crippen LogP) is 2.54. The molecule has 0 amide bonds. The van der Waals surface area contributed by atoms with E-state index in [2.05, 4.69) is 5.10 Å². The van der Waals surface area contributed by atoms with Crippen LogP contribution in [0.5, 0.6) is 0 Å². The summed E-state index contributed by atoms with van der Waals surface area (Å²) in [5.74, 6) is -1.38. The van der Waals surface area contributed by atoms with E-state index in [1.54, 1.807) is 4.68 Å². The molecule has 0 aliphatic rings. The van der Waals surface area contributed by atoms with Gasteiger partial charge in [-0.3, -0.25) is 4.68 Å². The first kappa shape index (κ1) is 15.0. The van der Waals surface area contributed by atoms with Gasteiger partial charge in [-0.05, 0) is 37.6 Å². The molecule has 6 heteroatoms. The van der Waals surface area contributed by atoms with E-state index in [0.717, 1.165) is 23.9 Å². The molecule has 0 radical (unpaired) electrons. The number of nitrogen functional groups attached to an aromatic ring is 1. The van der Waals surface area contributed by atoms with Crippen LogP contribution >= 0.6 is 0 Å². The number of aromatic nitrogens is 2. The molecule has 0 fully saturated rings. The van der Waals surface area contributed by atoms with Gasteiger partial charge in [0.25, 0.3) is 0 Å². The molecule has 0 unspecified atom stereocenters. The van der Waals surface area contributed by atoms with Crippen LogP contribution in [0.25, 0.3) is 0 Å². The molecule has 2 N–H and O–H groups in total. The largest absolute Gasteiger partial charge is 0.456 e. The molecular formula is C15H18FN3O2. The third-order valence-corrected chi connectivity index (χ3v) is 3.14. The molecule has 1 heterocycles. The van der Waals surface area contributed by atoms with Crippen LogP contribution in [0, 0.1) is 5.82 Å². The summed E-state index contributed by atoms with van der Waals surface area (Å²) in [5.41, 5.74) is 7.42. The fraction of sp³-hybridized carbons (Fsp3) is 0.333. The number of carbonyl (C=O) groups is 1. The number of benzene rings is 1. The average Bonchev–Trinajstić information content (AvgIpc) is 2.89. The van der Waals surface area contributed by atoms with E-state index >= 15 is 0 Å². The van der Waals surface area contributed by atoms with Crippen LogP contribution in [0.1, 0.15) is 35.6 Å². The van der Waals surface area contributed by atoms with Crippen molar-refractivity contribution < 1.29 is 13.9 Å². The lowest BCUT2D eigenvalue weighted by Gasteiger charge is -2.07. The van der Waals surface area contributed by atoms with Gasteiger partial charge in [-0.15, -0.1) is 0 Å². The Balaban J connectivity index is 2.10. The Kier molecular flexibility index (Phi) is 4.57. The van der Waals surface area contributed by atoms with Crippen LogP contribution in [0.3, 0.4) is 0 Å². The lowest BCUT2D eigenvalue weighted by atomic mass is 10.2. The maximum atomic E-state index is 13.6. The highest BCUT2D eigenvalue weighted by Crippen LogP contribution is 2.15. The van der Waals surface area contributed by atoms with Gasteiger partial charge in [-0.25, -0.2) is 9.18 Å². The van der Waals surface area contributed by atoms with E-state index in [-0.39, 0.29) is 12.2 Å². The van der Waals surface area contributed by atoms with Crippen molar-refractivity contribution in [3.8, 4) is 0 Å². The quantitative estimate of drug-likeness (QED) is 0.679. The topological polar surface area (TPSA) is 70.1 Å². The van der Waals surface area contributed by atoms with Crippen molar-refractivity contribution in [2.45, 2.75) is 33.4 Å². The number of hydrogen-bond acceptors (Lipinski definition) is 4. The summed E-state index contributed by atoms with van der Waals surface area (Å²) >= 11 is 0. The fourth-order valence-corrected chi connectivity index (χ4v) is 1.99. The molecule has 1 aromatic carbocycles. The Morgan fingerprint density at radius 2 is 2.14 bits per heavy atom. The number of nitrogens with zero attached hydrogens (tertiary/aromatic N) is 2. The van der Waals surface area contributed by atoms with Gasteiger partial charge < -0.3 is 10.5 Å². The molecule has 0 aliphatic carbocycles. The second kappa shape index (κ2) is 6.39. The van der Waals surface area contributed by atoms with E-state index in [0.29, 0.717) is 12.2 Å². The van der Waals surface area contributed by atoms with E-state index in [4.69, 9.17) is 10.5 Å². The number of halogens is 1. The SMILES string of the molecule is CCc1cc(COC(=O)c2cc(N)ccc2F)n(CC)n1. The van der Waals surface area contributed by atoms with Gasteiger partial charge in [-0.2, -0.15) is 5.10 Å². The minimum Gasteiger partial charge on any atom is -0.456 e. The molecule has 0 atom stereocenters. The number of hydrogen-bond donors (Lipinski definition) is 1. The maximum Gasteiger partial charge on any atom is 0.341 e. The van der Waals surface area contributed by atoms with Crippen molar-refractivity contribution in [2.75, 3.05) is 5.73 Å². The summed E-state index contributed by atoms with van der Waals surface area (Å²) in [5, 5.41) is 4.36. The third kappa shape index (κ3) is 3.39. The summed E-state index contributed by atoms with van der Waals surface area (Å²) in [6.45, 7) is 4.68. The first-order chi connectivity index (χ1) is 10.0. The highest BCUT2D eigenvalue weighted by molar-refractivity contribution is 5.90. The highest BCUT2D eigenvalue weighted by atomic mass is 19.1. The van der Waals surface area contributed by atoms with Crippen molar-refractivity contribution in [1.29, 1.82) is 0 Å². The van der Waals surface area contributed by atoms with Gasteiger partial charge in [0, 0.05) is 12.2 Å². The first-order valence-electron chi connectivity index (χ1n) is 6.82. The van der Waals surface area contributed by atoms with Gasteiger partial charge >= 0.3 is 5.97 Å². The lowest BCUT2D eigenvalue weighted by molar-refractivity contribution is 0.0457. The van der Waals surface area contributed by atoms with E-state index in [1.165, 1.54) is 12.1 Å². The van der Waals surface area contributed by atoms with Crippen LogP contribution in [0.4, 0.5) is 10.1 Å². The normalized spacial score (nSPS) is 10.6. The molecule has 1 aromatic heterocycles. The van der Waals surface area contributed by atoms with Crippen molar-refractivity contribution in [3.05, 3.63) is 47.0 Å². The first-order valence-corrected chi connectivity index (χ1v) is 6.82. The maximum absolute atomic E-state index is 13.6. The van der Waals surface area contributed by atoms with Crippen LogP contribution in [-0.2, 0) is 24.3 Å². The molecular weight excluding hydrogens is 273 g/mol. The summed E-state index contributed by atoms with van der Waals surface area (Å²) in [6, 6.07) is 5.70. The fourth-order valence-electron chi connectivity index (χ4n) is 1.99. The number of aryl methyl sites for hydroxylation is 2. The minimum absolute atomic E-state index is 0.0495. The summed E-state index contributed by atoms with van der Waals surface area (Å²) < 4.78 is 20.5. The minimum atomic E-state index is -0.735. The molecule has 0 spiro atoms. The van der Waals surface area contributed by atoms with Crippen LogP contribution in [-0.4, -0.2) is 15.7 Å². The van der Waals surface area contributed by atoms with E-state index < -0.39 is 11.8 Å². The summed E-state index contributed by atoms with van der Waals surface area (Å²) in [6.07, 6.45) is 0.803. The standard InChI is InChI=1S/C15H18FN3O2/c1-3-11-8-12(19(4-2)18-11)9-21-15(20)13-7-10(17)5-6-14(13)16/h5-8H,3-4,9,17H2,1-2H3. The third-order valence-electron chi connectivity index (χ3n) is 3.14. The van der Waals surface area contributed by atoms with Gasteiger partial charge in [0.2, 0.25) is 0 Å². The zero-order chi connectivity index (χ0) is 15.4. The molecule has 21 heavy (non-hydrogen) atoms. The molecule has 0 saturated carbocycles. The molecule has 5 nitrogen and oxygen atoms in total. The Morgan fingerprint density at radius 3 is 2.81 bits per heavy atom. The summed E-state index contributed by atoms with van der Waals surface area (Å²) in [4.78, 5) is 11.9. The van der Waals surface area contributed by atoms with E-state index in [9.17, 15) is 9.18 Å².